The SMILES string of the molecule is CN(CC(F)F)c1ncc([N+](=O)[O-])cc1C(=O)O. The molecule has 0 saturated heterocycles. The van der Waals surface area contributed by atoms with Gasteiger partial charge in [0.1, 0.15) is 17.6 Å². The lowest BCUT2D eigenvalue weighted by Crippen LogP contribution is -2.26. The van der Waals surface area contributed by atoms with E-state index in [1.54, 1.807) is 0 Å². The summed E-state index contributed by atoms with van der Waals surface area (Å²) in [4.78, 5) is 25.0. The summed E-state index contributed by atoms with van der Waals surface area (Å²) < 4.78 is 24.4. The summed E-state index contributed by atoms with van der Waals surface area (Å²) in [5.74, 6) is -1.71. The summed E-state index contributed by atoms with van der Waals surface area (Å²) in [5.41, 5.74) is -1.01. The zero-order valence-electron chi connectivity index (χ0n) is 9.21. The third-order valence-corrected chi connectivity index (χ3v) is 2.07. The maximum atomic E-state index is 12.2. The highest BCUT2D eigenvalue weighted by atomic mass is 19.3. The number of nitrogens with zero attached hydrogens (tertiary/aromatic N) is 3. The molecule has 0 atom stereocenters. The number of hydrogen-bond acceptors (Lipinski definition) is 5. The van der Waals surface area contributed by atoms with Crippen LogP contribution in [0.25, 0.3) is 0 Å². The number of rotatable bonds is 5. The standard InChI is InChI=1S/C9H9F2N3O4/c1-13(4-7(10)11)8-6(9(15)16)2-5(3-12-8)14(17)18/h2-3,7H,4H2,1H3,(H,15,16). The van der Waals surface area contributed by atoms with E-state index in [0.717, 1.165) is 17.2 Å². The Bertz CT molecular complexity index is 481. The van der Waals surface area contributed by atoms with E-state index in [0.29, 0.717) is 0 Å². The Balaban J connectivity index is 3.19. The van der Waals surface area contributed by atoms with Gasteiger partial charge in [-0.25, -0.2) is 18.6 Å². The van der Waals surface area contributed by atoms with Gasteiger partial charge in [0, 0.05) is 13.1 Å². The molecule has 0 amide bonds. The molecule has 0 aliphatic carbocycles. The molecule has 0 radical (unpaired) electrons. The molecule has 0 saturated carbocycles. The van der Waals surface area contributed by atoms with Gasteiger partial charge in [-0.05, 0) is 0 Å². The molecule has 0 unspecified atom stereocenters. The second-order valence-corrected chi connectivity index (χ2v) is 3.40. The fourth-order valence-corrected chi connectivity index (χ4v) is 1.30. The van der Waals surface area contributed by atoms with E-state index < -0.39 is 35.1 Å². The molecule has 1 rings (SSSR count). The predicted octanol–water partition coefficient (Wildman–Crippen LogP) is 1.39. The van der Waals surface area contributed by atoms with Crippen LogP contribution in [-0.2, 0) is 0 Å². The van der Waals surface area contributed by atoms with E-state index in [-0.39, 0.29) is 5.82 Å². The Morgan fingerprint density at radius 3 is 2.72 bits per heavy atom. The highest BCUT2D eigenvalue weighted by molar-refractivity contribution is 5.94. The predicted molar refractivity (Wildman–Crippen MR) is 57.1 cm³/mol. The normalized spacial score (nSPS) is 10.4. The Kier molecular flexibility index (Phi) is 4.08. The molecule has 98 valence electrons. The quantitative estimate of drug-likeness (QED) is 0.635. The zero-order valence-corrected chi connectivity index (χ0v) is 9.21. The minimum absolute atomic E-state index is 0.242. The van der Waals surface area contributed by atoms with Crippen molar-refractivity contribution in [2.45, 2.75) is 6.43 Å². The van der Waals surface area contributed by atoms with E-state index in [9.17, 15) is 23.7 Å². The van der Waals surface area contributed by atoms with E-state index in [2.05, 4.69) is 4.98 Å². The van der Waals surface area contributed by atoms with Crippen LogP contribution in [0.1, 0.15) is 10.4 Å². The molecule has 1 N–H and O–H groups in total. The van der Waals surface area contributed by atoms with E-state index in [1.165, 1.54) is 7.05 Å². The number of hydrogen-bond donors (Lipinski definition) is 1. The van der Waals surface area contributed by atoms with Crippen molar-refractivity contribution in [2.24, 2.45) is 0 Å². The van der Waals surface area contributed by atoms with Gasteiger partial charge < -0.3 is 10.0 Å². The van der Waals surface area contributed by atoms with E-state index in [1.807, 2.05) is 0 Å². The molecule has 9 heteroatoms. The number of halogens is 2. The first-order valence-electron chi connectivity index (χ1n) is 4.70. The fraction of sp³-hybridized carbons (Fsp3) is 0.333. The minimum Gasteiger partial charge on any atom is -0.478 e. The molecule has 1 aromatic rings. The Morgan fingerprint density at radius 2 is 2.28 bits per heavy atom. The Hall–Kier alpha value is -2.32. The molecule has 0 aliphatic rings. The van der Waals surface area contributed by atoms with Crippen molar-refractivity contribution in [3.63, 3.8) is 0 Å². The van der Waals surface area contributed by atoms with Crippen molar-refractivity contribution in [1.29, 1.82) is 0 Å². The lowest BCUT2D eigenvalue weighted by molar-refractivity contribution is -0.385. The number of anilines is 1. The molecule has 0 aromatic carbocycles. The summed E-state index contributed by atoms with van der Waals surface area (Å²) in [5, 5.41) is 19.4. The average molecular weight is 261 g/mol. The largest absolute Gasteiger partial charge is 0.478 e. The summed E-state index contributed by atoms with van der Waals surface area (Å²) in [6, 6.07) is 0.784. The number of pyridine rings is 1. The minimum atomic E-state index is -2.67. The molecule has 0 spiro atoms. The van der Waals surface area contributed by atoms with Crippen LogP contribution < -0.4 is 4.90 Å². The molecule has 1 aromatic heterocycles. The number of carbonyl (C=O) groups is 1. The van der Waals surface area contributed by atoms with E-state index in [4.69, 9.17) is 5.11 Å². The van der Waals surface area contributed by atoms with Gasteiger partial charge in [0.2, 0.25) is 0 Å². The first-order chi connectivity index (χ1) is 8.32. The third kappa shape index (κ3) is 3.09. The molecular weight excluding hydrogens is 252 g/mol. The average Bonchev–Trinajstić information content (AvgIpc) is 2.26. The molecule has 0 fully saturated rings. The molecule has 18 heavy (non-hydrogen) atoms. The fourth-order valence-electron chi connectivity index (χ4n) is 1.30. The van der Waals surface area contributed by atoms with Crippen LogP contribution in [0.4, 0.5) is 20.3 Å². The van der Waals surface area contributed by atoms with Crippen molar-refractivity contribution in [1.82, 2.24) is 4.98 Å². The topological polar surface area (TPSA) is 96.6 Å². The number of nitro groups is 1. The van der Waals surface area contributed by atoms with Crippen LogP contribution in [0.3, 0.4) is 0 Å². The van der Waals surface area contributed by atoms with Crippen LogP contribution in [-0.4, -0.2) is 41.0 Å². The lowest BCUT2D eigenvalue weighted by Gasteiger charge is -2.18. The molecular formula is C9H9F2N3O4. The first kappa shape index (κ1) is 13.7. The van der Waals surface area contributed by atoms with Crippen molar-refractivity contribution >= 4 is 17.5 Å². The summed E-state index contributed by atoms with van der Waals surface area (Å²) in [6.07, 6.45) is -1.85. The van der Waals surface area contributed by atoms with Gasteiger partial charge in [0.05, 0.1) is 11.5 Å². The van der Waals surface area contributed by atoms with Crippen LogP contribution >= 0.6 is 0 Å². The number of aromatic carboxylic acids is 1. The molecule has 0 bridgehead atoms. The van der Waals surface area contributed by atoms with Gasteiger partial charge >= 0.3 is 5.97 Å². The van der Waals surface area contributed by atoms with Gasteiger partial charge in [-0.2, -0.15) is 0 Å². The van der Waals surface area contributed by atoms with Gasteiger partial charge in [0.15, 0.2) is 0 Å². The van der Waals surface area contributed by atoms with E-state index >= 15 is 0 Å². The highest BCUT2D eigenvalue weighted by Crippen LogP contribution is 2.22. The summed E-state index contributed by atoms with van der Waals surface area (Å²) in [7, 11) is 1.23. The zero-order chi connectivity index (χ0) is 13.9. The van der Waals surface area contributed by atoms with Crippen molar-refractivity contribution < 1.29 is 23.6 Å². The number of aromatic nitrogens is 1. The Morgan fingerprint density at radius 1 is 1.67 bits per heavy atom. The van der Waals surface area contributed by atoms with Crippen LogP contribution in [0.5, 0.6) is 0 Å². The van der Waals surface area contributed by atoms with Crippen molar-refractivity contribution in [2.75, 3.05) is 18.5 Å². The molecule has 0 aliphatic heterocycles. The van der Waals surface area contributed by atoms with Gasteiger partial charge in [0.25, 0.3) is 12.1 Å². The first-order valence-corrected chi connectivity index (χ1v) is 4.70. The van der Waals surface area contributed by atoms with Gasteiger partial charge in [-0.3, -0.25) is 10.1 Å². The lowest BCUT2D eigenvalue weighted by atomic mass is 10.2. The summed E-state index contributed by atoms with van der Waals surface area (Å²) in [6.45, 7) is -0.717. The van der Waals surface area contributed by atoms with Crippen LogP contribution in [0.2, 0.25) is 0 Å². The molecule has 7 nitrogen and oxygen atoms in total. The van der Waals surface area contributed by atoms with Crippen LogP contribution in [0.15, 0.2) is 12.3 Å². The summed E-state index contributed by atoms with van der Waals surface area (Å²) >= 11 is 0. The third-order valence-electron chi connectivity index (χ3n) is 2.07. The van der Waals surface area contributed by atoms with Gasteiger partial charge in [-0.1, -0.05) is 0 Å². The van der Waals surface area contributed by atoms with Crippen molar-refractivity contribution in [3.05, 3.63) is 27.9 Å². The number of alkyl halides is 2. The molecule has 1 heterocycles. The number of carboxylic acid groups (broad SMARTS) is 1. The van der Waals surface area contributed by atoms with Crippen molar-refractivity contribution in [3.8, 4) is 0 Å². The highest BCUT2D eigenvalue weighted by Gasteiger charge is 2.21. The Labute approximate surface area is 99.8 Å². The second-order valence-electron chi connectivity index (χ2n) is 3.40. The monoisotopic (exact) mass is 261 g/mol. The smallest absolute Gasteiger partial charge is 0.339 e. The van der Waals surface area contributed by atoms with Gasteiger partial charge in [-0.15, -0.1) is 0 Å². The maximum Gasteiger partial charge on any atom is 0.339 e. The maximum absolute atomic E-state index is 12.2. The van der Waals surface area contributed by atoms with Crippen LogP contribution in [0, 0.1) is 10.1 Å². The second kappa shape index (κ2) is 5.34. The number of carboxylic acids is 1.